The SMILES string of the molecule is CCN(CC)S(=O)(=O)c1cc(NN)n[nH]1. The van der Waals surface area contributed by atoms with Crippen molar-refractivity contribution in [2.45, 2.75) is 18.9 Å². The smallest absolute Gasteiger partial charge is 0.260 e. The van der Waals surface area contributed by atoms with Gasteiger partial charge in [0.2, 0.25) is 0 Å². The molecular formula is C7H15N5O2S. The van der Waals surface area contributed by atoms with Crippen molar-refractivity contribution in [3.8, 4) is 0 Å². The fraction of sp³-hybridized carbons (Fsp3) is 0.571. The molecule has 1 aromatic rings. The molecule has 1 rings (SSSR count). The van der Waals surface area contributed by atoms with E-state index < -0.39 is 10.0 Å². The Morgan fingerprint density at radius 3 is 2.53 bits per heavy atom. The van der Waals surface area contributed by atoms with Crippen LogP contribution in [0.25, 0.3) is 0 Å². The lowest BCUT2D eigenvalue weighted by atomic mass is 10.7. The number of nitrogens with zero attached hydrogens (tertiary/aromatic N) is 2. The minimum absolute atomic E-state index is 0.0409. The van der Waals surface area contributed by atoms with Crippen molar-refractivity contribution in [1.82, 2.24) is 14.5 Å². The fourth-order valence-electron chi connectivity index (χ4n) is 1.21. The van der Waals surface area contributed by atoms with Gasteiger partial charge in [-0.3, -0.25) is 5.10 Å². The highest BCUT2D eigenvalue weighted by Gasteiger charge is 2.23. The molecule has 1 heterocycles. The second-order valence-corrected chi connectivity index (χ2v) is 4.76. The molecule has 0 saturated carbocycles. The van der Waals surface area contributed by atoms with Gasteiger partial charge in [-0.05, 0) is 0 Å². The van der Waals surface area contributed by atoms with Gasteiger partial charge in [0.25, 0.3) is 10.0 Å². The van der Waals surface area contributed by atoms with Crippen LogP contribution < -0.4 is 11.3 Å². The molecule has 0 fully saturated rings. The summed E-state index contributed by atoms with van der Waals surface area (Å²) in [4.78, 5) is 0. The van der Waals surface area contributed by atoms with Crippen molar-refractivity contribution >= 4 is 15.8 Å². The number of anilines is 1. The first kappa shape index (κ1) is 12.0. The summed E-state index contributed by atoms with van der Waals surface area (Å²) in [6.45, 7) is 4.39. The molecule has 0 spiro atoms. The molecule has 0 unspecified atom stereocenters. The Labute approximate surface area is 88.7 Å². The quantitative estimate of drug-likeness (QED) is 0.479. The maximum Gasteiger partial charge on any atom is 0.260 e. The lowest BCUT2D eigenvalue weighted by Crippen LogP contribution is -2.30. The normalized spacial score (nSPS) is 12.0. The van der Waals surface area contributed by atoms with Crippen molar-refractivity contribution in [2.24, 2.45) is 5.84 Å². The van der Waals surface area contributed by atoms with Crippen LogP contribution in [0.3, 0.4) is 0 Å². The van der Waals surface area contributed by atoms with Gasteiger partial charge in [-0.25, -0.2) is 14.3 Å². The van der Waals surface area contributed by atoms with E-state index in [-0.39, 0.29) is 5.03 Å². The maximum absolute atomic E-state index is 11.9. The summed E-state index contributed by atoms with van der Waals surface area (Å²) >= 11 is 0. The topological polar surface area (TPSA) is 104 Å². The summed E-state index contributed by atoms with van der Waals surface area (Å²) < 4.78 is 25.2. The Balaban J connectivity index is 3.04. The molecule has 8 heteroatoms. The van der Waals surface area contributed by atoms with E-state index >= 15 is 0 Å². The molecule has 0 amide bonds. The Bertz CT molecular complexity index is 409. The van der Waals surface area contributed by atoms with Crippen molar-refractivity contribution in [1.29, 1.82) is 0 Å². The van der Waals surface area contributed by atoms with E-state index in [1.165, 1.54) is 10.4 Å². The molecule has 0 atom stereocenters. The second kappa shape index (κ2) is 4.60. The van der Waals surface area contributed by atoms with Crippen molar-refractivity contribution in [3.05, 3.63) is 6.07 Å². The third kappa shape index (κ3) is 2.28. The van der Waals surface area contributed by atoms with Crippen LogP contribution in [-0.4, -0.2) is 36.0 Å². The summed E-state index contributed by atoms with van der Waals surface area (Å²) in [6, 6.07) is 1.35. The van der Waals surface area contributed by atoms with Crippen molar-refractivity contribution in [3.63, 3.8) is 0 Å². The number of aromatic nitrogens is 2. The largest absolute Gasteiger partial charge is 0.307 e. The van der Waals surface area contributed by atoms with Crippen molar-refractivity contribution in [2.75, 3.05) is 18.5 Å². The van der Waals surface area contributed by atoms with Gasteiger partial charge in [-0.2, -0.15) is 9.40 Å². The van der Waals surface area contributed by atoms with E-state index in [1.807, 2.05) is 0 Å². The number of H-pyrrole nitrogens is 1. The first-order chi connectivity index (χ1) is 7.06. The lowest BCUT2D eigenvalue weighted by Gasteiger charge is -2.16. The zero-order valence-electron chi connectivity index (χ0n) is 8.69. The van der Waals surface area contributed by atoms with Crippen LogP contribution in [-0.2, 0) is 10.0 Å². The summed E-state index contributed by atoms with van der Waals surface area (Å²) in [5, 5.41) is 6.15. The summed E-state index contributed by atoms with van der Waals surface area (Å²) in [7, 11) is -3.47. The predicted octanol–water partition coefficient (Wildman–Crippen LogP) is -0.274. The average molecular weight is 233 g/mol. The standard InChI is InChI=1S/C7H15N5O2S/c1-3-12(4-2)15(13,14)7-5-6(9-8)10-11-7/h5H,3-4,8H2,1-2H3,(H2,9,10,11). The number of hydrogen-bond donors (Lipinski definition) is 3. The Kier molecular flexibility index (Phi) is 3.66. The van der Waals surface area contributed by atoms with Crippen LogP contribution in [0.2, 0.25) is 0 Å². The number of nitrogen functional groups attached to an aromatic ring is 1. The van der Waals surface area contributed by atoms with Crippen LogP contribution in [0.1, 0.15) is 13.8 Å². The number of hydrazine groups is 1. The van der Waals surface area contributed by atoms with Gasteiger partial charge in [-0.1, -0.05) is 13.8 Å². The van der Waals surface area contributed by atoms with Gasteiger partial charge < -0.3 is 5.43 Å². The van der Waals surface area contributed by atoms with E-state index in [2.05, 4.69) is 15.6 Å². The van der Waals surface area contributed by atoms with Gasteiger partial charge in [0.15, 0.2) is 10.8 Å². The number of sulfonamides is 1. The van der Waals surface area contributed by atoms with E-state index in [4.69, 9.17) is 5.84 Å². The first-order valence-corrected chi connectivity index (χ1v) is 6.02. The minimum atomic E-state index is -3.47. The average Bonchev–Trinajstić information content (AvgIpc) is 2.67. The Morgan fingerprint density at radius 2 is 2.13 bits per heavy atom. The van der Waals surface area contributed by atoms with Crippen LogP contribution in [0.5, 0.6) is 0 Å². The molecule has 0 saturated heterocycles. The molecule has 0 aliphatic heterocycles. The summed E-state index contributed by atoms with van der Waals surface area (Å²) in [6.07, 6.45) is 0. The van der Waals surface area contributed by atoms with E-state index in [1.54, 1.807) is 13.8 Å². The maximum atomic E-state index is 11.9. The molecule has 0 bridgehead atoms. The van der Waals surface area contributed by atoms with Gasteiger partial charge in [-0.15, -0.1) is 0 Å². The van der Waals surface area contributed by atoms with Crippen LogP contribution in [0.4, 0.5) is 5.82 Å². The van der Waals surface area contributed by atoms with Gasteiger partial charge in [0.05, 0.1) is 0 Å². The number of nitrogens with two attached hydrogens (primary N) is 1. The van der Waals surface area contributed by atoms with Crippen LogP contribution in [0, 0.1) is 0 Å². The zero-order chi connectivity index (χ0) is 11.5. The second-order valence-electron chi connectivity index (χ2n) is 2.85. The molecule has 86 valence electrons. The highest BCUT2D eigenvalue weighted by molar-refractivity contribution is 7.89. The molecular weight excluding hydrogens is 218 g/mol. The predicted molar refractivity (Wildman–Crippen MR) is 56.5 cm³/mol. The van der Waals surface area contributed by atoms with E-state index in [9.17, 15) is 8.42 Å². The van der Waals surface area contributed by atoms with Crippen LogP contribution in [0.15, 0.2) is 11.1 Å². The van der Waals surface area contributed by atoms with E-state index in [0.29, 0.717) is 18.9 Å². The third-order valence-corrected chi connectivity index (χ3v) is 3.99. The number of rotatable bonds is 5. The molecule has 4 N–H and O–H groups in total. The van der Waals surface area contributed by atoms with E-state index in [0.717, 1.165) is 0 Å². The lowest BCUT2D eigenvalue weighted by molar-refractivity contribution is 0.442. The molecule has 15 heavy (non-hydrogen) atoms. The fourth-order valence-corrected chi connectivity index (χ4v) is 2.59. The first-order valence-electron chi connectivity index (χ1n) is 4.58. The molecule has 0 aromatic carbocycles. The molecule has 0 aliphatic rings. The van der Waals surface area contributed by atoms with Crippen LogP contribution >= 0.6 is 0 Å². The third-order valence-electron chi connectivity index (χ3n) is 2.03. The number of hydrogen-bond acceptors (Lipinski definition) is 5. The van der Waals surface area contributed by atoms with Gasteiger partial charge in [0, 0.05) is 19.2 Å². The van der Waals surface area contributed by atoms with Gasteiger partial charge >= 0.3 is 0 Å². The highest BCUT2D eigenvalue weighted by Crippen LogP contribution is 2.15. The molecule has 7 nitrogen and oxygen atoms in total. The van der Waals surface area contributed by atoms with Crippen molar-refractivity contribution < 1.29 is 8.42 Å². The highest BCUT2D eigenvalue weighted by atomic mass is 32.2. The molecule has 0 aliphatic carbocycles. The molecule has 1 aromatic heterocycles. The Hall–Kier alpha value is -1.12. The number of nitrogens with one attached hydrogen (secondary N) is 2. The number of aromatic amines is 1. The Morgan fingerprint density at radius 1 is 1.53 bits per heavy atom. The minimum Gasteiger partial charge on any atom is -0.307 e. The summed E-state index contributed by atoms with van der Waals surface area (Å²) in [5.41, 5.74) is 2.27. The monoisotopic (exact) mass is 233 g/mol. The molecule has 0 radical (unpaired) electrons. The van der Waals surface area contributed by atoms with Gasteiger partial charge in [0.1, 0.15) is 0 Å². The zero-order valence-corrected chi connectivity index (χ0v) is 9.50. The summed E-state index contributed by atoms with van der Waals surface area (Å²) in [5.74, 6) is 5.40.